The maximum absolute atomic E-state index is 13.2. The van der Waals surface area contributed by atoms with Crippen molar-refractivity contribution < 1.29 is 29.6 Å². The van der Waals surface area contributed by atoms with E-state index in [4.69, 9.17) is 9.47 Å². The molecule has 6 heteroatoms. The molecule has 4 aromatic rings. The van der Waals surface area contributed by atoms with Gasteiger partial charge in [-0.3, -0.25) is 4.79 Å². The van der Waals surface area contributed by atoms with Crippen LogP contribution in [0.4, 0.5) is 0 Å². The fourth-order valence-electron chi connectivity index (χ4n) is 5.90. The first-order chi connectivity index (χ1) is 19.3. The molecule has 1 aliphatic rings. The number of hydrogen-bond donors (Lipinski definition) is 3. The van der Waals surface area contributed by atoms with Crippen LogP contribution in [0.1, 0.15) is 43.7 Å². The molecule has 4 aromatic carbocycles. The first-order valence-corrected chi connectivity index (χ1v) is 13.9. The summed E-state index contributed by atoms with van der Waals surface area (Å²) in [6.45, 7) is 2.21. The van der Waals surface area contributed by atoms with Gasteiger partial charge in [-0.25, -0.2) is 0 Å². The van der Waals surface area contributed by atoms with Gasteiger partial charge in [0.1, 0.15) is 17.3 Å². The van der Waals surface area contributed by atoms with E-state index in [1.54, 1.807) is 30.3 Å². The van der Waals surface area contributed by atoms with Crippen LogP contribution in [0.2, 0.25) is 0 Å². The van der Waals surface area contributed by atoms with Crippen molar-refractivity contribution in [3.63, 3.8) is 0 Å². The number of carbonyl (C=O) groups is 1. The van der Waals surface area contributed by atoms with Crippen LogP contribution in [0.3, 0.4) is 0 Å². The second kappa shape index (κ2) is 12.0. The lowest BCUT2D eigenvalue weighted by Crippen LogP contribution is -2.34. The number of hydrogen-bond acceptors (Lipinski definition) is 6. The summed E-state index contributed by atoms with van der Waals surface area (Å²) >= 11 is 0. The van der Waals surface area contributed by atoms with Gasteiger partial charge in [-0.15, -0.1) is 0 Å². The van der Waals surface area contributed by atoms with Gasteiger partial charge < -0.3 is 24.8 Å². The van der Waals surface area contributed by atoms with Gasteiger partial charge >= 0.3 is 0 Å². The van der Waals surface area contributed by atoms with E-state index in [-0.39, 0.29) is 35.2 Å². The van der Waals surface area contributed by atoms with E-state index in [1.165, 1.54) is 7.11 Å². The molecule has 5 rings (SSSR count). The number of phenols is 3. The largest absolute Gasteiger partial charge is 0.508 e. The Morgan fingerprint density at radius 3 is 2.38 bits per heavy atom. The molecule has 0 aliphatic carbocycles. The number of methoxy groups -OCH3 is 1. The Labute approximate surface area is 234 Å². The first-order valence-electron chi connectivity index (χ1n) is 13.9. The second-order valence-electron chi connectivity index (χ2n) is 11.0. The predicted molar refractivity (Wildman–Crippen MR) is 156 cm³/mol. The van der Waals surface area contributed by atoms with Crippen LogP contribution >= 0.6 is 0 Å². The summed E-state index contributed by atoms with van der Waals surface area (Å²) in [5.41, 5.74) is 3.61. The molecular weight excluding hydrogens is 504 g/mol. The molecule has 3 atom stereocenters. The zero-order valence-corrected chi connectivity index (χ0v) is 23.0. The van der Waals surface area contributed by atoms with E-state index in [1.807, 2.05) is 42.5 Å². The molecule has 0 saturated carbocycles. The minimum atomic E-state index is -0.111. The lowest BCUT2D eigenvalue weighted by atomic mass is 9.88. The number of aryl methyl sites for hydroxylation is 1. The number of carbonyl (C=O) groups excluding carboxylic acids is 1. The number of ether oxygens (including phenoxy) is 2. The van der Waals surface area contributed by atoms with E-state index in [2.05, 4.69) is 6.92 Å². The zero-order valence-electron chi connectivity index (χ0n) is 23.0. The van der Waals surface area contributed by atoms with Gasteiger partial charge in [-0.05, 0) is 95.5 Å². The minimum Gasteiger partial charge on any atom is -0.508 e. The quantitative estimate of drug-likeness (QED) is 0.213. The maximum Gasteiger partial charge on any atom is 0.168 e. The number of rotatable bonds is 9. The molecule has 1 aliphatic heterocycles. The summed E-state index contributed by atoms with van der Waals surface area (Å²) in [4.78, 5) is 13.2. The molecule has 0 amide bonds. The number of benzene rings is 4. The summed E-state index contributed by atoms with van der Waals surface area (Å²) in [7, 11) is 1.52. The smallest absolute Gasteiger partial charge is 0.168 e. The molecule has 1 fully saturated rings. The van der Waals surface area contributed by atoms with Crippen LogP contribution in [-0.4, -0.2) is 40.4 Å². The first kappa shape index (κ1) is 27.5. The zero-order chi connectivity index (χ0) is 28.2. The second-order valence-corrected chi connectivity index (χ2v) is 11.0. The molecule has 0 spiro atoms. The van der Waals surface area contributed by atoms with E-state index < -0.39 is 0 Å². The number of phenolic OH excluding ortho intramolecular Hbond substituents is 3. The Morgan fingerprint density at radius 2 is 1.60 bits per heavy atom. The van der Waals surface area contributed by atoms with Crippen molar-refractivity contribution in [1.29, 1.82) is 0 Å². The van der Waals surface area contributed by atoms with Crippen molar-refractivity contribution in [2.45, 2.75) is 57.7 Å². The number of aromatic hydroxyl groups is 3. The van der Waals surface area contributed by atoms with Crippen LogP contribution in [0.25, 0.3) is 21.9 Å². The number of ketones is 1. The molecule has 0 radical (unpaired) electrons. The molecule has 0 bridgehead atoms. The third-order valence-electron chi connectivity index (χ3n) is 7.78. The highest BCUT2D eigenvalue weighted by Gasteiger charge is 2.29. The predicted octanol–water partition coefficient (Wildman–Crippen LogP) is 6.95. The number of fused-ring (bicyclic) bond motifs is 1. The normalized spacial score (nSPS) is 19.0. The highest BCUT2D eigenvalue weighted by atomic mass is 16.5. The molecule has 1 saturated heterocycles. The topological polar surface area (TPSA) is 96.2 Å². The van der Waals surface area contributed by atoms with Gasteiger partial charge in [0.25, 0.3) is 0 Å². The summed E-state index contributed by atoms with van der Waals surface area (Å²) < 4.78 is 11.9. The van der Waals surface area contributed by atoms with Crippen LogP contribution < -0.4 is 4.74 Å². The van der Waals surface area contributed by atoms with Gasteiger partial charge in [-0.2, -0.15) is 0 Å². The fourth-order valence-corrected chi connectivity index (χ4v) is 5.90. The Morgan fingerprint density at radius 1 is 0.875 bits per heavy atom. The highest BCUT2D eigenvalue weighted by Crippen LogP contribution is 2.42. The summed E-state index contributed by atoms with van der Waals surface area (Å²) in [5.74, 6) is 1.44. The van der Waals surface area contributed by atoms with Gasteiger partial charge in [0.2, 0.25) is 0 Å². The Kier molecular flexibility index (Phi) is 8.27. The lowest BCUT2D eigenvalue weighted by molar-refractivity contribution is -0.126. The van der Waals surface area contributed by atoms with Crippen molar-refractivity contribution in [2.24, 2.45) is 5.92 Å². The summed E-state index contributed by atoms with van der Waals surface area (Å²) in [5, 5.41) is 31.9. The van der Waals surface area contributed by atoms with Crippen LogP contribution in [-0.2, 0) is 22.4 Å². The van der Waals surface area contributed by atoms with E-state index in [0.29, 0.717) is 30.9 Å². The van der Waals surface area contributed by atoms with Crippen molar-refractivity contribution in [1.82, 2.24) is 0 Å². The van der Waals surface area contributed by atoms with Crippen molar-refractivity contribution in [3.05, 3.63) is 83.9 Å². The molecule has 208 valence electrons. The maximum atomic E-state index is 13.2. The SMILES string of the molecule is COc1c(O)ccc(CCC(=O)CC2CC(C)CC(Cc3ccc(O)cc3)O2)c1-c1ccc2ccc(O)cc2c1. The Bertz CT molecular complexity index is 1490. The molecule has 6 nitrogen and oxygen atoms in total. The van der Waals surface area contributed by atoms with Crippen molar-refractivity contribution in [3.8, 4) is 34.1 Å². The lowest BCUT2D eigenvalue weighted by Gasteiger charge is -2.34. The minimum absolute atomic E-state index is 0.0350. The third kappa shape index (κ3) is 6.40. The monoisotopic (exact) mass is 540 g/mol. The van der Waals surface area contributed by atoms with E-state index >= 15 is 0 Å². The third-order valence-corrected chi connectivity index (χ3v) is 7.78. The standard InChI is InChI=1S/C34H36O6/c1-21-15-30(17-22-3-10-27(35)11-4-22)40-31(16-21)20-29(37)13-8-24-9-14-32(38)34(39-2)33(24)25-6-5-23-7-12-28(36)19-26(23)18-25/h3-7,9-12,14,18-19,21,30-31,35-36,38H,8,13,15-17,20H2,1-2H3. The Hall–Kier alpha value is -4.03. The summed E-state index contributed by atoms with van der Waals surface area (Å²) in [6, 6.07) is 21.8. The fraction of sp³-hybridized carbons (Fsp3) is 0.324. The Balaban J connectivity index is 1.29. The molecule has 1 heterocycles. The molecule has 40 heavy (non-hydrogen) atoms. The molecule has 3 N–H and O–H groups in total. The van der Waals surface area contributed by atoms with Crippen LogP contribution in [0.15, 0.2) is 72.8 Å². The van der Waals surface area contributed by atoms with Gasteiger partial charge in [0, 0.05) is 18.4 Å². The molecule has 3 unspecified atom stereocenters. The van der Waals surface area contributed by atoms with Gasteiger partial charge in [0.05, 0.1) is 19.3 Å². The summed E-state index contributed by atoms with van der Waals surface area (Å²) in [6.07, 6.45) is 3.73. The van der Waals surface area contributed by atoms with Crippen molar-refractivity contribution >= 4 is 16.6 Å². The average molecular weight is 541 g/mol. The molecule has 0 aromatic heterocycles. The highest BCUT2D eigenvalue weighted by molar-refractivity contribution is 5.90. The number of Topliss-reactive ketones (excluding diaryl/α,β-unsaturated/α-hetero) is 1. The van der Waals surface area contributed by atoms with Crippen LogP contribution in [0, 0.1) is 5.92 Å². The van der Waals surface area contributed by atoms with Crippen molar-refractivity contribution in [2.75, 3.05) is 7.11 Å². The average Bonchev–Trinajstić information content (AvgIpc) is 2.92. The molecular formula is C34H36O6. The van der Waals surface area contributed by atoms with Gasteiger partial charge in [-0.1, -0.05) is 43.3 Å². The van der Waals surface area contributed by atoms with Crippen LogP contribution in [0.5, 0.6) is 23.0 Å². The van der Waals surface area contributed by atoms with E-state index in [0.717, 1.165) is 52.3 Å². The van der Waals surface area contributed by atoms with Gasteiger partial charge in [0.15, 0.2) is 11.5 Å². The van der Waals surface area contributed by atoms with E-state index in [9.17, 15) is 20.1 Å².